The number of pyridine rings is 1. The summed E-state index contributed by atoms with van der Waals surface area (Å²) in [5, 5.41) is 5.78. The number of alkyl halides is 3. The first kappa shape index (κ1) is 25.8. The van der Waals surface area contributed by atoms with E-state index in [0.717, 1.165) is 31.7 Å². The highest BCUT2D eigenvalue weighted by atomic mass is 19.3. The van der Waals surface area contributed by atoms with Crippen LogP contribution in [0, 0.1) is 11.7 Å². The van der Waals surface area contributed by atoms with Crippen LogP contribution in [0.5, 0.6) is 0 Å². The highest BCUT2D eigenvalue weighted by molar-refractivity contribution is 5.99. The Kier molecular flexibility index (Phi) is 6.81. The van der Waals surface area contributed by atoms with Crippen LogP contribution in [0.2, 0.25) is 0 Å². The molecule has 1 amide bonds. The van der Waals surface area contributed by atoms with E-state index in [0.29, 0.717) is 18.9 Å². The maximum atomic E-state index is 14.8. The molecule has 2 N–H and O–H groups in total. The summed E-state index contributed by atoms with van der Waals surface area (Å²) in [4.78, 5) is 28.6. The van der Waals surface area contributed by atoms with Crippen LogP contribution in [0.1, 0.15) is 73.0 Å². The lowest BCUT2D eigenvalue weighted by molar-refractivity contribution is 0.0935. The third-order valence-electron chi connectivity index (χ3n) is 8.36. The number of carbonyl (C=O) groups excluding carboxylic acids is 1. The number of aromatic nitrogens is 1. The molecule has 2 bridgehead atoms. The van der Waals surface area contributed by atoms with Crippen LogP contribution in [0.3, 0.4) is 0 Å². The molecule has 0 radical (unpaired) electrons. The normalized spacial score (nSPS) is 28.1. The molecular formula is C27H32F4N4O2. The van der Waals surface area contributed by atoms with E-state index in [9.17, 15) is 27.2 Å². The van der Waals surface area contributed by atoms with Crippen molar-refractivity contribution in [3.05, 3.63) is 63.3 Å². The molecule has 0 spiro atoms. The van der Waals surface area contributed by atoms with Gasteiger partial charge in [0.25, 0.3) is 17.9 Å². The molecule has 200 valence electrons. The van der Waals surface area contributed by atoms with Crippen molar-refractivity contribution in [2.45, 2.75) is 69.2 Å². The van der Waals surface area contributed by atoms with Crippen LogP contribution in [0.25, 0.3) is 0 Å². The van der Waals surface area contributed by atoms with Gasteiger partial charge in [-0.3, -0.25) is 9.59 Å². The van der Waals surface area contributed by atoms with E-state index >= 15 is 0 Å². The minimum atomic E-state index is -2.98. The molecule has 3 atom stereocenters. The molecule has 3 aliphatic carbocycles. The number of hydrogen-bond acceptors (Lipinski definition) is 4. The Morgan fingerprint density at radius 2 is 1.92 bits per heavy atom. The molecule has 1 aliphatic heterocycles. The van der Waals surface area contributed by atoms with Crippen LogP contribution in [0.15, 0.2) is 35.3 Å². The Morgan fingerprint density at radius 1 is 1.19 bits per heavy atom. The van der Waals surface area contributed by atoms with Gasteiger partial charge in [-0.15, -0.1) is 0 Å². The zero-order chi connectivity index (χ0) is 26.5. The standard InChI is InChI=1S/C27H32F4N4O2/c1-15(17-4-3-5-18(24(17)29)25(30)31)32-26(37)19-13-35(27-8-6-16(11-27)12-27)23(36)10-22(19)33-21-7-9-34(2)14-20(21)28/h3-5,10,13,15-16,20-21,25,33H,6-9,11-12,14H2,1-2H3,(H,32,37)/t15-,16?,20+,21-,27?/m1/s1. The van der Waals surface area contributed by atoms with Crippen LogP contribution in [-0.2, 0) is 5.54 Å². The predicted molar refractivity (Wildman–Crippen MR) is 132 cm³/mol. The molecule has 6 rings (SSSR count). The van der Waals surface area contributed by atoms with Crippen LogP contribution < -0.4 is 16.2 Å². The molecule has 1 aromatic heterocycles. The van der Waals surface area contributed by atoms with Crippen molar-refractivity contribution >= 4 is 11.6 Å². The van der Waals surface area contributed by atoms with Crippen LogP contribution >= 0.6 is 0 Å². The topological polar surface area (TPSA) is 66.4 Å². The quantitative estimate of drug-likeness (QED) is 0.517. The molecular weight excluding hydrogens is 488 g/mol. The zero-order valence-corrected chi connectivity index (χ0v) is 20.9. The number of benzene rings is 1. The summed E-state index contributed by atoms with van der Waals surface area (Å²) in [6.45, 7) is 2.41. The number of amides is 1. The molecule has 4 fully saturated rings. The van der Waals surface area contributed by atoms with Gasteiger partial charge in [0, 0.05) is 36.5 Å². The zero-order valence-electron chi connectivity index (χ0n) is 20.9. The van der Waals surface area contributed by atoms with E-state index in [1.165, 1.54) is 31.3 Å². The minimum Gasteiger partial charge on any atom is -0.378 e. The Bertz CT molecular complexity index is 1240. The molecule has 10 heteroatoms. The second-order valence-electron chi connectivity index (χ2n) is 10.9. The van der Waals surface area contributed by atoms with E-state index in [1.54, 1.807) is 4.57 Å². The highest BCUT2D eigenvalue weighted by Gasteiger charge is 2.52. The van der Waals surface area contributed by atoms with E-state index < -0.39 is 42.0 Å². The maximum Gasteiger partial charge on any atom is 0.266 e. The monoisotopic (exact) mass is 520 g/mol. The van der Waals surface area contributed by atoms with Crippen molar-refractivity contribution in [1.82, 2.24) is 14.8 Å². The smallest absolute Gasteiger partial charge is 0.266 e. The van der Waals surface area contributed by atoms with Crippen molar-refractivity contribution in [1.29, 1.82) is 0 Å². The third-order valence-corrected chi connectivity index (χ3v) is 8.36. The van der Waals surface area contributed by atoms with Gasteiger partial charge >= 0.3 is 0 Å². The number of carbonyl (C=O) groups is 1. The van der Waals surface area contributed by atoms with Gasteiger partial charge in [0.05, 0.1) is 28.9 Å². The molecule has 37 heavy (non-hydrogen) atoms. The first-order chi connectivity index (χ1) is 17.6. The molecule has 2 aromatic rings. The Hall–Kier alpha value is -2.88. The Morgan fingerprint density at radius 3 is 2.57 bits per heavy atom. The number of piperidine rings is 1. The fraction of sp³-hybridized carbons (Fsp3) is 0.556. The number of halogens is 4. The second-order valence-corrected chi connectivity index (χ2v) is 10.9. The summed E-state index contributed by atoms with van der Waals surface area (Å²) < 4.78 is 57.6. The minimum absolute atomic E-state index is 0.0654. The largest absolute Gasteiger partial charge is 0.378 e. The number of rotatable bonds is 7. The molecule has 0 unspecified atom stereocenters. The molecule has 1 saturated heterocycles. The summed E-state index contributed by atoms with van der Waals surface area (Å²) >= 11 is 0. The fourth-order valence-corrected chi connectivity index (χ4v) is 6.26. The van der Waals surface area contributed by atoms with Gasteiger partial charge < -0.3 is 20.1 Å². The number of likely N-dealkylation sites (tertiary alicyclic amines) is 1. The molecule has 6 nitrogen and oxygen atoms in total. The average molecular weight is 521 g/mol. The number of anilines is 1. The van der Waals surface area contributed by atoms with Crippen LogP contribution in [-0.4, -0.2) is 47.7 Å². The van der Waals surface area contributed by atoms with Gasteiger partial charge in [-0.1, -0.05) is 18.2 Å². The highest BCUT2D eigenvalue weighted by Crippen LogP contribution is 2.56. The van der Waals surface area contributed by atoms with Gasteiger partial charge in [-0.25, -0.2) is 17.6 Å². The lowest BCUT2D eigenvalue weighted by atomic mass is 9.76. The Balaban J connectivity index is 1.46. The first-order valence-electron chi connectivity index (χ1n) is 12.8. The van der Waals surface area contributed by atoms with Crippen molar-refractivity contribution in [2.75, 3.05) is 25.5 Å². The van der Waals surface area contributed by atoms with Crippen molar-refractivity contribution < 1.29 is 22.4 Å². The fourth-order valence-electron chi connectivity index (χ4n) is 6.26. The molecule has 3 saturated carbocycles. The summed E-state index contributed by atoms with van der Waals surface area (Å²) in [5.74, 6) is -1.08. The van der Waals surface area contributed by atoms with Gasteiger partial charge in [-0.2, -0.15) is 0 Å². The number of nitrogens with zero attached hydrogens (tertiary/aromatic N) is 2. The van der Waals surface area contributed by atoms with E-state index in [2.05, 4.69) is 10.6 Å². The van der Waals surface area contributed by atoms with Gasteiger partial charge in [0.2, 0.25) is 0 Å². The van der Waals surface area contributed by atoms with Crippen molar-refractivity contribution in [3.63, 3.8) is 0 Å². The van der Waals surface area contributed by atoms with E-state index in [1.807, 2.05) is 11.9 Å². The Labute approximate surface area is 213 Å². The first-order valence-corrected chi connectivity index (χ1v) is 12.8. The number of hydrogen-bond donors (Lipinski definition) is 2. The second kappa shape index (κ2) is 9.78. The third kappa shape index (κ3) is 4.76. The number of fused-ring (bicyclic) bond motifs is 1. The maximum absolute atomic E-state index is 14.8. The van der Waals surface area contributed by atoms with Crippen LogP contribution in [0.4, 0.5) is 23.2 Å². The van der Waals surface area contributed by atoms with E-state index in [-0.39, 0.29) is 34.5 Å². The SMILES string of the molecule is C[C@@H](NC(=O)c1cn(C23CCC(C2)C3)c(=O)cc1N[C@@H]1CCN(C)C[C@@H]1F)c1cccc(C(F)F)c1F. The summed E-state index contributed by atoms with van der Waals surface area (Å²) in [5.41, 5.74) is -1.00. The van der Waals surface area contributed by atoms with Gasteiger partial charge in [0.1, 0.15) is 12.0 Å². The lowest BCUT2D eigenvalue weighted by Gasteiger charge is -2.40. The molecule has 4 aliphatic rings. The molecule has 1 aromatic carbocycles. The van der Waals surface area contributed by atoms with Gasteiger partial charge in [0.15, 0.2) is 0 Å². The average Bonchev–Trinajstić information content (AvgIpc) is 3.43. The molecule has 2 heterocycles. The summed E-state index contributed by atoms with van der Waals surface area (Å²) in [6.07, 6.45) is 1.50. The van der Waals surface area contributed by atoms with E-state index in [4.69, 9.17) is 0 Å². The summed E-state index contributed by atoms with van der Waals surface area (Å²) in [7, 11) is 1.83. The predicted octanol–water partition coefficient (Wildman–Crippen LogP) is 4.77. The lowest BCUT2D eigenvalue weighted by Crippen LogP contribution is -2.47. The van der Waals surface area contributed by atoms with Crippen molar-refractivity contribution in [2.24, 2.45) is 5.92 Å². The van der Waals surface area contributed by atoms with Crippen molar-refractivity contribution in [3.8, 4) is 0 Å². The van der Waals surface area contributed by atoms with Gasteiger partial charge in [-0.05, 0) is 52.0 Å². The summed E-state index contributed by atoms with van der Waals surface area (Å²) in [6, 6.07) is 3.54. The number of nitrogens with one attached hydrogen (secondary N) is 2.